The molecule has 1 aromatic heterocycles. The summed E-state index contributed by atoms with van der Waals surface area (Å²) in [4.78, 5) is 8.56. The van der Waals surface area contributed by atoms with Gasteiger partial charge in [0, 0.05) is 57.2 Å². The Bertz CT molecular complexity index is 1240. The average molecular weight is 526 g/mol. The molecule has 0 bridgehead atoms. The lowest BCUT2D eigenvalue weighted by atomic mass is 10.1. The van der Waals surface area contributed by atoms with Crippen LogP contribution < -0.4 is 9.62 Å². The first kappa shape index (κ1) is 25.5. The molecule has 0 saturated carbocycles. The molecule has 12 heteroatoms. The molecule has 0 unspecified atom stereocenters. The van der Waals surface area contributed by atoms with E-state index < -0.39 is 26.7 Å². The third kappa shape index (κ3) is 6.78. The monoisotopic (exact) mass is 525 g/mol. The van der Waals surface area contributed by atoms with E-state index in [0.29, 0.717) is 19.0 Å². The van der Waals surface area contributed by atoms with Crippen molar-refractivity contribution >= 4 is 26.7 Å². The number of aryl methyl sites for hydroxylation is 1. The van der Waals surface area contributed by atoms with Gasteiger partial charge in [-0.2, -0.15) is 17.5 Å². The minimum atomic E-state index is -4.60. The van der Waals surface area contributed by atoms with Crippen LogP contribution in [0.2, 0.25) is 0 Å². The lowest BCUT2D eigenvalue weighted by Gasteiger charge is -2.34. The van der Waals surface area contributed by atoms with Gasteiger partial charge in [-0.3, -0.25) is 4.90 Å². The van der Waals surface area contributed by atoms with Crippen molar-refractivity contribution in [2.45, 2.75) is 24.4 Å². The van der Waals surface area contributed by atoms with Gasteiger partial charge in [-0.1, -0.05) is 35.9 Å². The Morgan fingerprint density at radius 1 is 1.06 bits per heavy atom. The lowest BCUT2D eigenvalue weighted by molar-refractivity contribution is -0.137. The summed E-state index contributed by atoms with van der Waals surface area (Å²) >= 11 is 1.38. The fraction of sp³-hybridized carbons (Fsp3) is 0.391. The largest absolute Gasteiger partial charge is 0.416 e. The summed E-state index contributed by atoms with van der Waals surface area (Å²) in [7, 11) is -4.03. The minimum Gasteiger partial charge on any atom is -0.344 e. The predicted molar refractivity (Wildman–Crippen MR) is 129 cm³/mol. The number of nitrogens with zero attached hydrogens (tertiary/aromatic N) is 4. The van der Waals surface area contributed by atoms with Crippen LogP contribution in [0.1, 0.15) is 22.5 Å². The normalized spacial score (nSPS) is 15.5. The van der Waals surface area contributed by atoms with Crippen molar-refractivity contribution in [2.24, 2.45) is 0 Å². The molecule has 7 nitrogen and oxygen atoms in total. The molecule has 188 valence electrons. The van der Waals surface area contributed by atoms with Crippen LogP contribution in [0.3, 0.4) is 0 Å². The predicted octanol–water partition coefficient (Wildman–Crippen LogP) is 3.56. The number of rotatable bonds is 8. The number of piperazine rings is 1. The summed E-state index contributed by atoms with van der Waals surface area (Å²) in [6, 6.07) is 12.1. The number of nitrogens with one attached hydrogen (secondary N) is 1. The third-order valence-corrected chi connectivity index (χ3v) is 8.05. The summed E-state index contributed by atoms with van der Waals surface area (Å²) in [5, 5.41) is 0.872. The van der Waals surface area contributed by atoms with Crippen molar-refractivity contribution in [3.63, 3.8) is 0 Å². The Morgan fingerprint density at radius 2 is 1.77 bits per heavy atom. The molecule has 2 heterocycles. The second-order valence-electron chi connectivity index (χ2n) is 8.41. The van der Waals surface area contributed by atoms with E-state index in [2.05, 4.69) is 48.1 Å². The Balaban J connectivity index is 1.24. The second-order valence-corrected chi connectivity index (χ2v) is 10.9. The summed E-state index contributed by atoms with van der Waals surface area (Å²) in [5.74, 6) is 0.792. The van der Waals surface area contributed by atoms with E-state index in [1.165, 1.54) is 17.1 Å². The van der Waals surface area contributed by atoms with E-state index in [1.54, 1.807) is 0 Å². The molecule has 1 saturated heterocycles. The number of alkyl halides is 3. The second kappa shape index (κ2) is 10.6. The third-order valence-electron chi connectivity index (χ3n) is 5.77. The number of anilines is 1. The highest BCUT2D eigenvalue weighted by Crippen LogP contribution is 2.30. The molecule has 1 aliphatic rings. The van der Waals surface area contributed by atoms with Gasteiger partial charge in [0.25, 0.3) is 0 Å². The molecule has 2 aromatic carbocycles. The smallest absolute Gasteiger partial charge is 0.344 e. The average Bonchev–Trinajstić information content (AvgIpc) is 3.29. The SMILES string of the molecule is Cc1ccc(Cc2nsc(N3CCN(CCNS(=O)(=O)c4cccc(C(F)(F)F)c4)CC3)n2)cc1. The zero-order chi connectivity index (χ0) is 25.1. The first-order valence-corrected chi connectivity index (χ1v) is 13.4. The van der Waals surface area contributed by atoms with Gasteiger partial charge in [0.1, 0.15) is 5.82 Å². The van der Waals surface area contributed by atoms with E-state index in [0.717, 1.165) is 60.9 Å². The summed E-state index contributed by atoms with van der Waals surface area (Å²) < 4.78 is 70.4. The van der Waals surface area contributed by atoms with Crippen molar-refractivity contribution in [3.8, 4) is 0 Å². The summed E-state index contributed by atoms with van der Waals surface area (Å²) in [6.45, 7) is 5.53. The standard InChI is InChI=1S/C23H26F3N5O2S2/c1-17-5-7-18(8-6-17)15-21-28-22(34-29-21)31-13-11-30(12-14-31)10-9-27-35(32,33)20-4-2-3-19(16-20)23(24,25)26/h2-8,16,27H,9-15H2,1H3. The van der Waals surface area contributed by atoms with Gasteiger partial charge >= 0.3 is 6.18 Å². The van der Waals surface area contributed by atoms with Gasteiger partial charge in [0.05, 0.1) is 10.5 Å². The fourth-order valence-electron chi connectivity index (χ4n) is 3.76. The molecule has 35 heavy (non-hydrogen) atoms. The lowest BCUT2D eigenvalue weighted by Crippen LogP contribution is -2.48. The number of benzene rings is 2. The molecular formula is C23H26F3N5O2S2. The van der Waals surface area contributed by atoms with Crippen molar-refractivity contribution in [2.75, 3.05) is 44.2 Å². The molecule has 0 aliphatic carbocycles. The maximum Gasteiger partial charge on any atom is 0.416 e. The van der Waals surface area contributed by atoms with Gasteiger partial charge in [-0.05, 0) is 30.7 Å². The number of aromatic nitrogens is 2. The van der Waals surface area contributed by atoms with E-state index >= 15 is 0 Å². The number of hydrogen-bond acceptors (Lipinski definition) is 7. The van der Waals surface area contributed by atoms with Crippen LogP contribution >= 0.6 is 11.5 Å². The highest BCUT2D eigenvalue weighted by molar-refractivity contribution is 7.89. The van der Waals surface area contributed by atoms with Crippen molar-refractivity contribution in [1.29, 1.82) is 0 Å². The number of hydrogen-bond donors (Lipinski definition) is 1. The molecule has 4 rings (SSSR count). The van der Waals surface area contributed by atoms with Crippen molar-refractivity contribution < 1.29 is 21.6 Å². The number of halogens is 3. The Morgan fingerprint density at radius 3 is 2.46 bits per heavy atom. The molecule has 1 fully saturated rings. The molecule has 3 aromatic rings. The van der Waals surface area contributed by atoms with Crippen LogP contribution in [-0.2, 0) is 22.6 Å². The van der Waals surface area contributed by atoms with Gasteiger partial charge in [0.15, 0.2) is 0 Å². The summed E-state index contributed by atoms with van der Waals surface area (Å²) in [6.07, 6.45) is -3.91. The first-order valence-electron chi connectivity index (χ1n) is 11.1. The Labute approximate surface area is 206 Å². The van der Waals surface area contributed by atoms with E-state index in [4.69, 9.17) is 0 Å². The maximum absolute atomic E-state index is 12.9. The van der Waals surface area contributed by atoms with E-state index in [9.17, 15) is 21.6 Å². The molecule has 0 amide bonds. The van der Waals surface area contributed by atoms with Crippen molar-refractivity contribution in [3.05, 3.63) is 71.0 Å². The van der Waals surface area contributed by atoms with E-state index in [1.807, 2.05) is 6.92 Å². The molecule has 0 radical (unpaired) electrons. The molecule has 1 aliphatic heterocycles. The van der Waals surface area contributed by atoms with Gasteiger partial charge in [0.2, 0.25) is 15.2 Å². The zero-order valence-corrected chi connectivity index (χ0v) is 20.8. The highest BCUT2D eigenvalue weighted by Gasteiger charge is 2.31. The molecule has 1 N–H and O–H groups in total. The molecule has 0 atom stereocenters. The van der Waals surface area contributed by atoms with Crippen LogP contribution in [0, 0.1) is 6.92 Å². The topological polar surface area (TPSA) is 78.4 Å². The van der Waals surface area contributed by atoms with Crippen LogP contribution in [0.15, 0.2) is 53.4 Å². The van der Waals surface area contributed by atoms with Crippen LogP contribution in [0.25, 0.3) is 0 Å². The highest BCUT2D eigenvalue weighted by atomic mass is 32.2. The van der Waals surface area contributed by atoms with Crippen LogP contribution in [0.4, 0.5) is 18.3 Å². The molecular weight excluding hydrogens is 499 g/mol. The van der Waals surface area contributed by atoms with Crippen LogP contribution in [0.5, 0.6) is 0 Å². The van der Waals surface area contributed by atoms with E-state index in [-0.39, 0.29) is 6.54 Å². The summed E-state index contributed by atoms with van der Waals surface area (Å²) in [5.41, 5.74) is 1.38. The first-order chi connectivity index (χ1) is 16.6. The Hall–Kier alpha value is -2.54. The quantitative estimate of drug-likeness (QED) is 0.485. The maximum atomic E-state index is 12.9. The number of sulfonamides is 1. The van der Waals surface area contributed by atoms with Crippen LogP contribution in [-0.4, -0.2) is 61.9 Å². The minimum absolute atomic E-state index is 0.109. The zero-order valence-electron chi connectivity index (χ0n) is 19.1. The van der Waals surface area contributed by atoms with Gasteiger partial charge in [-0.15, -0.1) is 0 Å². The van der Waals surface area contributed by atoms with Gasteiger partial charge < -0.3 is 4.90 Å². The fourth-order valence-corrected chi connectivity index (χ4v) is 5.56. The molecule has 0 spiro atoms. The van der Waals surface area contributed by atoms with Gasteiger partial charge in [-0.25, -0.2) is 18.1 Å². The Kier molecular flexibility index (Phi) is 7.74. The van der Waals surface area contributed by atoms with Crippen molar-refractivity contribution in [1.82, 2.24) is 19.0 Å².